The fourth-order valence-electron chi connectivity index (χ4n) is 3.92. The molecule has 3 aromatic carbocycles. The smallest absolute Gasteiger partial charge is 0.0398 e. The maximum Gasteiger partial charge on any atom is 0.0398 e. The molecule has 0 saturated carbocycles. The fourth-order valence-corrected chi connectivity index (χ4v) is 3.92. The Kier molecular flexibility index (Phi) is 7.31. The Morgan fingerprint density at radius 1 is 0.571 bits per heavy atom. The minimum absolute atomic E-state index is 1.06. The number of benzene rings is 3. The zero-order valence-electron chi connectivity index (χ0n) is 17.6. The Bertz CT molecular complexity index is 859. The first-order chi connectivity index (χ1) is 13.7. The van der Waals surface area contributed by atoms with Crippen molar-refractivity contribution in [3.05, 3.63) is 101 Å². The molecule has 0 spiro atoms. The molecular formula is C27H33N. The van der Waals surface area contributed by atoms with Gasteiger partial charge in [-0.25, -0.2) is 0 Å². The van der Waals surface area contributed by atoms with Gasteiger partial charge in [0.2, 0.25) is 0 Å². The number of para-hydroxylation sites is 1. The predicted octanol–water partition coefficient (Wildman–Crippen LogP) is 6.41. The Hall–Kier alpha value is -2.54. The first-order valence-electron chi connectivity index (χ1n) is 10.7. The number of hydrogen-bond acceptors (Lipinski definition) is 1. The van der Waals surface area contributed by atoms with E-state index in [1.807, 2.05) is 0 Å². The van der Waals surface area contributed by atoms with E-state index in [0.29, 0.717) is 0 Å². The van der Waals surface area contributed by atoms with Crippen molar-refractivity contribution >= 4 is 5.69 Å². The summed E-state index contributed by atoms with van der Waals surface area (Å²) in [6.45, 7) is 8.78. The summed E-state index contributed by atoms with van der Waals surface area (Å²) in [5.74, 6) is 0. The van der Waals surface area contributed by atoms with Gasteiger partial charge >= 0.3 is 0 Å². The molecule has 0 amide bonds. The van der Waals surface area contributed by atoms with Crippen molar-refractivity contribution in [3.8, 4) is 0 Å². The molecule has 0 saturated heterocycles. The van der Waals surface area contributed by atoms with Gasteiger partial charge in [-0.05, 0) is 80.3 Å². The molecule has 0 bridgehead atoms. The molecule has 0 aliphatic rings. The molecule has 28 heavy (non-hydrogen) atoms. The number of nitrogens with zero attached hydrogens (tertiary/aromatic N) is 1. The van der Waals surface area contributed by atoms with E-state index in [2.05, 4.69) is 98.5 Å². The van der Waals surface area contributed by atoms with Crippen molar-refractivity contribution in [1.82, 2.24) is 0 Å². The van der Waals surface area contributed by atoms with Crippen molar-refractivity contribution in [2.75, 3.05) is 18.0 Å². The van der Waals surface area contributed by atoms with Crippen LogP contribution in [0.15, 0.2) is 72.8 Å². The van der Waals surface area contributed by atoms with Gasteiger partial charge in [0.05, 0.1) is 0 Å². The van der Waals surface area contributed by atoms with Crippen LogP contribution >= 0.6 is 0 Å². The molecule has 0 fully saturated rings. The molecule has 3 aromatic rings. The molecule has 1 heteroatoms. The number of hydrogen-bond donors (Lipinski definition) is 0. The van der Waals surface area contributed by atoms with Gasteiger partial charge in [-0.2, -0.15) is 0 Å². The second-order valence-electron chi connectivity index (χ2n) is 7.54. The average Bonchev–Trinajstić information content (AvgIpc) is 2.74. The summed E-state index contributed by atoms with van der Waals surface area (Å²) in [6, 6.07) is 26.8. The second kappa shape index (κ2) is 10.1. The van der Waals surface area contributed by atoms with Gasteiger partial charge < -0.3 is 4.90 Å². The van der Waals surface area contributed by atoms with Crippen molar-refractivity contribution in [1.29, 1.82) is 0 Å². The van der Waals surface area contributed by atoms with Gasteiger partial charge in [0.15, 0.2) is 0 Å². The van der Waals surface area contributed by atoms with Gasteiger partial charge in [0.25, 0.3) is 0 Å². The summed E-state index contributed by atoms with van der Waals surface area (Å²) in [5.41, 5.74) is 8.55. The van der Waals surface area contributed by atoms with E-state index in [-0.39, 0.29) is 0 Å². The summed E-state index contributed by atoms with van der Waals surface area (Å²) < 4.78 is 0. The summed E-state index contributed by atoms with van der Waals surface area (Å²) in [5, 5.41) is 0. The molecule has 1 nitrogen and oxygen atoms in total. The first-order valence-corrected chi connectivity index (χ1v) is 10.7. The average molecular weight is 372 g/mol. The quantitative estimate of drug-likeness (QED) is 0.420. The second-order valence-corrected chi connectivity index (χ2v) is 7.54. The highest BCUT2D eigenvalue weighted by Crippen LogP contribution is 2.22. The minimum atomic E-state index is 1.06. The number of aryl methyl sites for hydroxylation is 5. The molecule has 0 aromatic heterocycles. The predicted molar refractivity (Wildman–Crippen MR) is 122 cm³/mol. The highest BCUT2D eigenvalue weighted by Gasteiger charge is 2.08. The Morgan fingerprint density at radius 2 is 1.07 bits per heavy atom. The van der Waals surface area contributed by atoms with Crippen LogP contribution in [0.4, 0.5) is 5.69 Å². The van der Waals surface area contributed by atoms with E-state index < -0.39 is 0 Å². The molecule has 0 unspecified atom stereocenters. The highest BCUT2D eigenvalue weighted by atomic mass is 15.1. The lowest BCUT2D eigenvalue weighted by molar-refractivity contribution is 0.846. The van der Waals surface area contributed by atoms with E-state index >= 15 is 0 Å². The van der Waals surface area contributed by atoms with Gasteiger partial charge in [0, 0.05) is 18.8 Å². The van der Waals surface area contributed by atoms with Crippen LogP contribution in [0.5, 0.6) is 0 Å². The van der Waals surface area contributed by atoms with Crippen molar-refractivity contribution in [2.45, 2.75) is 46.5 Å². The largest absolute Gasteiger partial charge is 0.372 e. The monoisotopic (exact) mass is 371 g/mol. The Balaban J connectivity index is 1.59. The molecule has 0 aliphatic carbocycles. The van der Waals surface area contributed by atoms with E-state index in [4.69, 9.17) is 0 Å². The molecule has 0 N–H and O–H groups in total. The van der Waals surface area contributed by atoms with Crippen molar-refractivity contribution in [3.63, 3.8) is 0 Å². The Morgan fingerprint density at radius 3 is 1.64 bits per heavy atom. The third kappa shape index (κ3) is 5.25. The van der Waals surface area contributed by atoms with Gasteiger partial charge in [0.1, 0.15) is 0 Å². The van der Waals surface area contributed by atoms with E-state index in [1.165, 1.54) is 33.5 Å². The lowest BCUT2D eigenvalue weighted by Crippen LogP contribution is -2.23. The lowest BCUT2D eigenvalue weighted by atomic mass is 9.98. The van der Waals surface area contributed by atoms with Gasteiger partial charge in [-0.1, -0.05) is 66.7 Å². The molecule has 0 atom stereocenters. The van der Waals surface area contributed by atoms with Crippen LogP contribution in [0.2, 0.25) is 0 Å². The fraction of sp³-hybridized carbons (Fsp3) is 0.333. The normalized spacial score (nSPS) is 10.8. The molecule has 0 radical (unpaired) electrons. The summed E-state index contributed by atoms with van der Waals surface area (Å²) in [7, 11) is 0. The molecular weight excluding hydrogens is 338 g/mol. The van der Waals surface area contributed by atoms with Crippen LogP contribution in [0.1, 0.15) is 41.7 Å². The maximum atomic E-state index is 2.45. The third-order valence-corrected chi connectivity index (χ3v) is 5.75. The minimum Gasteiger partial charge on any atom is -0.372 e. The van der Waals surface area contributed by atoms with E-state index in [9.17, 15) is 0 Å². The van der Waals surface area contributed by atoms with Crippen LogP contribution < -0.4 is 4.90 Å². The van der Waals surface area contributed by atoms with Crippen LogP contribution in [0.25, 0.3) is 0 Å². The van der Waals surface area contributed by atoms with E-state index in [1.54, 1.807) is 0 Å². The molecule has 146 valence electrons. The summed E-state index contributed by atoms with van der Waals surface area (Å²) in [6.07, 6.45) is 4.41. The summed E-state index contributed by atoms with van der Waals surface area (Å²) >= 11 is 0. The summed E-state index contributed by atoms with van der Waals surface area (Å²) in [4.78, 5) is 2.45. The van der Waals surface area contributed by atoms with Crippen LogP contribution in [0, 0.1) is 6.92 Å². The lowest BCUT2D eigenvalue weighted by Gasteiger charge is -2.24. The van der Waals surface area contributed by atoms with Crippen LogP contribution in [0.3, 0.4) is 0 Å². The molecule has 0 heterocycles. The van der Waals surface area contributed by atoms with Gasteiger partial charge in [-0.15, -0.1) is 0 Å². The van der Waals surface area contributed by atoms with Crippen LogP contribution in [-0.2, 0) is 25.7 Å². The zero-order chi connectivity index (χ0) is 19.8. The van der Waals surface area contributed by atoms with E-state index in [0.717, 1.165) is 38.8 Å². The molecule has 3 rings (SSSR count). The zero-order valence-corrected chi connectivity index (χ0v) is 17.6. The van der Waals surface area contributed by atoms with Crippen molar-refractivity contribution < 1.29 is 0 Å². The number of anilines is 1. The molecule has 0 aliphatic heterocycles. The standard InChI is InChI=1S/C27H33N/c1-4-28(5-2)27-13-9-8-12-26(27)21-19-24-16-14-23(15-17-24)18-20-25-11-7-6-10-22(25)3/h6-17H,4-5,18-21H2,1-3H3. The van der Waals surface area contributed by atoms with Crippen LogP contribution in [-0.4, -0.2) is 13.1 Å². The number of rotatable bonds is 9. The highest BCUT2D eigenvalue weighted by molar-refractivity contribution is 5.53. The Labute approximate surface area is 171 Å². The first kappa shape index (κ1) is 20.2. The van der Waals surface area contributed by atoms with Crippen molar-refractivity contribution in [2.24, 2.45) is 0 Å². The topological polar surface area (TPSA) is 3.24 Å². The SMILES string of the molecule is CCN(CC)c1ccccc1CCc1ccc(CCc2ccccc2C)cc1. The maximum absolute atomic E-state index is 2.45. The third-order valence-electron chi connectivity index (χ3n) is 5.75. The van der Waals surface area contributed by atoms with Gasteiger partial charge in [-0.3, -0.25) is 0 Å².